The van der Waals surface area contributed by atoms with Crippen LogP contribution in [0.1, 0.15) is 55.6 Å². The third-order valence-electron chi connectivity index (χ3n) is 6.00. The monoisotopic (exact) mass is 554 g/mol. The van der Waals surface area contributed by atoms with Crippen LogP contribution in [0.15, 0.2) is 59.2 Å². The summed E-state index contributed by atoms with van der Waals surface area (Å²) in [7, 11) is 1.62. The van der Waals surface area contributed by atoms with Gasteiger partial charge in [-0.05, 0) is 82.1 Å². The molecule has 0 atom stereocenters. The molecule has 0 unspecified atom stereocenters. The predicted octanol–water partition coefficient (Wildman–Crippen LogP) is 6.01. The van der Waals surface area contributed by atoms with Gasteiger partial charge in [0.25, 0.3) is 5.91 Å². The molecule has 9 heteroatoms. The van der Waals surface area contributed by atoms with Crippen molar-refractivity contribution in [3.05, 3.63) is 70.5 Å². The van der Waals surface area contributed by atoms with Gasteiger partial charge in [0.15, 0.2) is 0 Å². The predicted molar refractivity (Wildman–Crippen MR) is 142 cm³/mol. The fourth-order valence-electron chi connectivity index (χ4n) is 4.25. The Bertz CT molecular complexity index is 1210. The lowest BCUT2D eigenvalue weighted by molar-refractivity contribution is 0.0203. The quantitative estimate of drug-likeness (QED) is 0.417. The molecule has 2 heterocycles. The van der Waals surface area contributed by atoms with E-state index in [1.54, 1.807) is 18.2 Å². The van der Waals surface area contributed by atoms with Crippen LogP contribution in [0.3, 0.4) is 0 Å². The van der Waals surface area contributed by atoms with Crippen LogP contribution < -0.4 is 10.1 Å². The Labute approximate surface area is 219 Å². The van der Waals surface area contributed by atoms with Gasteiger partial charge in [-0.15, -0.1) is 0 Å². The fourth-order valence-corrected chi connectivity index (χ4v) is 4.51. The summed E-state index contributed by atoms with van der Waals surface area (Å²) < 4.78 is 13.6. The van der Waals surface area contributed by atoms with Crippen LogP contribution in [-0.4, -0.2) is 52.5 Å². The Morgan fingerprint density at radius 3 is 2.25 bits per heavy atom. The number of nitrogens with zero attached hydrogens (tertiary/aromatic N) is 3. The molecule has 1 aliphatic heterocycles. The van der Waals surface area contributed by atoms with Gasteiger partial charge in [0.05, 0.1) is 30.3 Å². The lowest BCUT2D eigenvalue weighted by Gasteiger charge is -2.34. The summed E-state index contributed by atoms with van der Waals surface area (Å²) in [6, 6.07) is 15.0. The Kier molecular flexibility index (Phi) is 7.68. The Morgan fingerprint density at radius 1 is 1.03 bits per heavy atom. The molecule has 4 rings (SSSR count). The largest absolute Gasteiger partial charge is 0.497 e. The lowest BCUT2D eigenvalue weighted by atomic mass is 9.90. The number of rotatable bonds is 5. The minimum atomic E-state index is -0.542. The molecule has 8 nitrogen and oxygen atoms in total. The molecule has 36 heavy (non-hydrogen) atoms. The maximum Gasteiger partial charge on any atom is 0.410 e. The fraction of sp³-hybridized carbons (Fsp3) is 0.370. The van der Waals surface area contributed by atoms with Gasteiger partial charge in [-0.1, -0.05) is 15.9 Å². The first-order valence-corrected chi connectivity index (χ1v) is 12.7. The molecule has 1 aromatic heterocycles. The maximum absolute atomic E-state index is 13.4. The van der Waals surface area contributed by atoms with Crippen molar-refractivity contribution in [2.45, 2.75) is 45.1 Å². The summed E-state index contributed by atoms with van der Waals surface area (Å²) in [6.07, 6.45) is 2.70. The molecule has 0 spiro atoms. The average molecular weight is 555 g/mol. The number of carbonyl (C=O) groups is 2. The topological polar surface area (TPSA) is 85.7 Å². The number of anilines is 1. The number of benzene rings is 2. The number of amides is 2. The van der Waals surface area contributed by atoms with Gasteiger partial charge in [0, 0.05) is 29.2 Å². The van der Waals surface area contributed by atoms with Crippen LogP contribution in [0.25, 0.3) is 5.69 Å². The minimum Gasteiger partial charge on any atom is -0.497 e. The van der Waals surface area contributed by atoms with Crippen molar-refractivity contribution in [2.24, 2.45) is 0 Å². The Hall–Kier alpha value is -3.33. The number of methoxy groups -OCH3 is 1. The van der Waals surface area contributed by atoms with Gasteiger partial charge in [-0.3, -0.25) is 4.79 Å². The number of aromatic nitrogens is 2. The third-order valence-corrected chi connectivity index (χ3v) is 6.53. The first-order valence-electron chi connectivity index (χ1n) is 11.9. The number of nitrogens with one attached hydrogen (secondary N) is 1. The molecule has 0 aliphatic carbocycles. The number of hydrogen-bond donors (Lipinski definition) is 1. The van der Waals surface area contributed by atoms with E-state index in [0.717, 1.165) is 21.6 Å². The number of halogens is 1. The second kappa shape index (κ2) is 10.7. The standard InChI is InChI=1S/C27H31BrN4O4/c1-27(2,3)36-26(34)31-15-13-18(14-16-31)24-23(25(33)30-20-7-5-19(28)6-8-20)17-29-32(24)21-9-11-22(35-4)12-10-21/h5-12,17-18H,13-16H2,1-4H3,(H,30,33). The summed E-state index contributed by atoms with van der Waals surface area (Å²) in [5, 5.41) is 7.58. The molecule has 1 N–H and O–H groups in total. The lowest BCUT2D eigenvalue weighted by Crippen LogP contribution is -2.41. The first kappa shape index (κ1) is 25.8. The van der Waals surface area contributed by atoms with Gasteiger partial charge in [-0.25, -0.2) is 9.48 Å². The zero-order valence-corrected chi connectivity index (χ0v) is 22.5. The van der Waals surface area contributed by atoms with E-state index in [1.807, 2.05) is 74.0 Å². The summed E-state index contributed by atoms with van der Waals surface area (Å²) in [4.78, 5) is 27.7. The molecule has 2 aromatic carbocycles. The smallest absolute Gasteiger partial charge is 0.410 e. The molecular formula is C27H31BrN4O4. The highest BCUT2D eigenvalue weighted by Crippen LogP contribution is 2.33. The maximum atomic E-state index is 13.4. The molecule has 190 valence electrons. The molecule has 1 fully saturated rings. The highest BCUT2D eigenvalue weighted by molar-refractivity contribution is 9.10. The normalized spacial score (nSPS) is 14.4. The van der Waals surface area contributed by atoms with E-state index in [1.165, 1.54) is 0 Å². The van der Waals surface area contributed by atoms with Gasteiger partial charge in [0.2, 0.25) is 0 Å². The highest BCUT2D eigenvalue weighted by Gasteiger charge is 2.32. The summed E-state index contributed by atoms with van der Waals surface area (Å²) in [5.74, 6) is 0.562. The molecule has 0 bridgehead atoms. The van der Waals surface area contributed by atoms with Crippen molar-refractivity contribution in [3.8, 4) is 11.4 Å². The summed E-state index contributed by atoms with van der Waals surface area (Å²) >= 11 is 3.42. The molecule has 2 amide bonds. The number of likely N-dealkylation sites (tertiary alicyclic amines) is 1. The second-order valence-electron chi connectivity index (χ2n) is 9.76. The van der Waals surface area contributed by atoms with E-state index < -0.39 is 5.60 Å². The van der Waals surface area contributed by atoms with Gasteiger partial charge >= 0.3 is 6.09 Å². The average Bonchev–Trinajstić information content (AvgIpc) is 3.30. The molecule has 0 saturated carbocycles. The number of piperidine rings is 1. The van der Waals surface area contributed by atoms with Crippen molar-refractivity contribution in [3.63, 3.8) is 0 Å². The van der Waals surface area contributed by atoms with Crippen molar-refractivity contribution in [1.29, 1.82) is 0 Å². The highest BCUT2D eigenvalue weighted by atomic mass is 79.9. The molecule has 3 aromatic rings. The van der Waals surface area contributed by atoms with Gasteiger partial charge < -0.3 is 19.7 Å². The van der Waals surface area contributed by atoms with Crippen LogP contribution in [0.4, 0.5) is 10.5 Å². The van der Waals surface area contributed by atoms with Crippen LogP contribution >= 0.6 is 15.9 Å². The third kappa shape index (κ3) is 6.07. The first-order chi connectivity index (χ1) is 17.1. The van der Waals surface area contributed by atoms with Crippen LogP contribution in [0, 0.1) is 0 Å². The Morgan fingerprint density at radius 2 is 1.67 bits per heavy atom. The Balaban J connectivity index is 1.61. The van der Waals surface area contributed by atoms with Crippen LogP contribution in [-0.2, 0) is 4.74 Å². The van der Waals surface area contributed by atoms with Crippen molar-refractivity contribution in [2.75, 3.05) is 25.5 Å². The molecular weight excluding hydrogens is 524 g/mol. The van der Waals surface area contributed by atoms with E-state index in [0.29, 0.717) is 37.2 Å². The number of ether oxygens (including phenoxy) is 2. The number of hydrogen-bond acceptors (Lipinski definition) is 5. The summed E-state index contributed by atoms with van der Waals surface area (Å²) in [5.41, 5.74) is 2.34. The van der Waals surface area contributed by atoms with Crippen LogP contribution in [0.2, 0.25) is 0 Å². The van der Waals surface area contributed by atoms with Gasteiger partial charge in [0.1, 0.15) is 11.4 Å². The zero-order valence-electron chi connectivity index (χ0n) is 21.0. The summed E-state index contributed by atoms with van der Waals surface area (Å²) in [6.45, 7) is 6.67. The molecule has 1 saturated heterocycles. The number of carbonyl (C=O) groups excluding carboxylic acids is 2. The molecule has 0 radical (unpaired) electrons. The zero-order chi connectivity index (χ0) is 25.9. The van der Waals surface area contributed by atoms with Gasteiger partial charge in [-0.2, -0.15) is 5.10 Å². The van der Waals surface area contributed by atoms with E-state index in [9.17, 15) is 9.59 Å². The van der Waals surface area contributed by atoms with E-state index >= 15 is 0 Å². The van der Waals surface area contributed by atoms with Crippen LogP contribution in [0.5, 0.6) is 5.75 Å². The molecule has 1 aliphatic rings. The second-order valence-corrected chi connectivity index (χ2v) is 10.7. The van der Waals surface area contributed by atoms with E-state index in [2.05, 4.69) is 26.3 Å². The van der Waals surface area contributed by atoms with Crippen molar-refractivity contribution in [1.82, 2.24) is 14.7 Å². The SMILES string of the molecule is COc1ccc(-n2ncc(C(=O)Nc3ccc(Br)cc3)c2C2CCN(C(=O)OC(C)(C)C)CC2)cc1. The van der Waals surface area contributed by atoms with Crippen molar-refractivity contribution < 1.29 is 19.1 Å². The minimum absolute atomic E-state index is 0.0407. The van der Waals surface area contributed by atoms with Crippen molar-refractivity contribution >= 4 is 33.6 Å². The van der Waals surface area contributed by atoms with E-state index in [-0.39, 0.29) is 17.9 Å². The van der Waals surface area contributed by atoms with E-state index in [4.69, 9.17) is 9.47 Å².